The molecule has 1 atom stereocenters. The van der Waals surface area contributed by atoms with Crippen molar-refractivity contribution in [2.24, 2.45) is 0 Å². The van der Waals surface area contributed by atoms with E-state index in [9.17, 15) is 9.59 Å². The molecule has 0 aliphatic carbocycles. The van der Waals surface area contributed by atoms with Crippen LogP contribution in [0.1, 0.15) is 40.8 Å². The van der Waals surface area contributed by atoms with Gasteiger partial charge in [0.1, 0.15) is 12.4 Å². The zero-order chi connectivity index (χ0) is 21.3. The van der Waals surface area contributed by atoms with E-state index in [-0.39, 0.29) is 17.4 Å². The predicted octanol–water partition coefficient (Wildman–Crippen LogP) is 2.14. The van der Waals surface area contributed by atoms with Crippen molar-refractivity contribution in [2.45, 2.75) is 25.4 Å². The van der Waals surface area contributed by atoms with E-state index in [1.807, 2.05) is 20.2 Å². The first-order valence-electron chi connectivity index (χ1n) is 9.90. The van der Waals surface area contributed by atoms with Crippen LogP contribution >= 0.6 is 0 Å². The summed E-state index contributed by atoms with van der Waals surface area (Å²) in [5.74, 6) is 1.33. The first-order chi connectivity index (χ1) is 14.5. The van der Waals surface area contributed by atoms with Gasteiger partial charge in [0.05, 0.1) is 10.9 Å². The van der Waals surface area contributed by atoms with Gasteiger partial charge >= 0.3 is 0 Å². The Morgan fingerprint density at radius 2 is 2.23 bits per heavy atom. The van der Waals surface area contributed by atoms with E-state index in [0.29, 0.717) is 48.1 Å². The molecule has 9 nitrogen and oxygen atoms in total. The second-order valence-electron chi connectivity index (χ2n) is 7.71. The van der Waals surface area contributed by atoms with E-state index in [2.05, 4.69) is 15.0 Å². The van der Waals surface area contributed by atoms with E-state index in [1.54, 1.807) is 35.2 Å². The largest absolute Gasteiger partial charge is 0.453 e. The Labute approximate surface area is 173 Å². The molecular weight excluding hydrogens is 386 g/mol. The molecule has 9 heteroatoms. The van der Waals surface area contributed by atoms with Crippen LogP contribution in [0.15, 0.2) is 33.6 Å². The minimum absolute atomic E-state index is 0.0194. The van der Waals surface area contributed by atoms with Crippen LogP contribution in [0.2, 0.25) is 0 Å². The van der Waals surface area contributed by atoms with Gasteiger partial charge in [-0.15, -0.1) is 0 Å². The molecule has 1 aliphatic rings. The molecule has 1 saturated heterocycles. The monoisotopic (exact) mass is 411 g/mol. The van der Waals surface area contributed by atoms with Crippen molar-refractivity contribution in [3.05, 3.63) is 52.0 Å². The average Bonchev–Trinajstić information content (AvgIpc) is 3.21. The van der Waals surface area contributed by atoms with Crippen molar-refractivity contribution in [3.8, 4) is 0 Å². The van der Waals surface area contributed by atoms with E-state index in [4.69, 9.17) is 9.15 Å². The number of aromatic nitrogens is 3. The quantitative estimate of drug-likeness (QED) is 0.686. The Kier molecular flexibility index (Phi) is 5.54. The average molecular weight is 411 g/mol. The number of rotatable bonds is 5. The molecule has 1 aliphatic heterocycles. The zero-order valence-corrected chi connectivity index (χ0v) is 17.3. The van der Waals surface area contributed by atoms with Crippen molar-refractivity contribution in [1.29, 1.82) is 0 Å². The number of furan rings is 1. The molecular formula is C21H25N5O4. The fraction of sp³-hybridized carbons (Fsp3) is 0.429. The van der Waals surface area contributed by atoms with E-state index in [0.717, 1.165) is 18.5 Å². The van der Waals surface area contributed by atoms with Crippen LogP contribution in [-0.2, 0) is 11.3 Å². The molecule has 3 aromatic heterocycles. The van der Waals surface area contributed by atoms with Gasteiger partial charge in [-0.1, -0.05) is 0 Å². The molecule has 30 heavy (non-hydrogen) atoms. The molecule has 0 saturated carbocycles. The summed E-state index contributed by atoms with van der Waals surface area (Å²) in [5.41, 5.74) is 1.17. The highest BCUT2D eigenvalue weighted by atomic mass is 16.5. The number of pyridine rings is 1. The van der Waals surface area contributed by atoms with Gasteiger partial charge in [-0.2, -0.15) is 0 Å². The smallest absolute Gasteiger partial charge is 0.289 e. The number of amides is 1. The molecule has 4 rings (SSSR count). The van der Waals surface area contributed by atoms with Crippen molar-refractivity contribution < 1.29 is 13.9 Å². The molecule has 0 unspecified atom stereocenters. The Balaban J connectivity index is 1.58. The van der Waals surface area contributed by atoms with E-state index >= 15 is 0 Å². The fourth-order valence-corrected chi connectivity index (χ4v) is 3.77. The number of hydrogen-bond donors (Lipinski definition) is 1. The molecule has 4 heterocycles. The Morgan fingerprint density at radius 1 is 1.40 bits per heavy atom. The highest BCUT2D eigenvalue weighted by Gasteiger charge is 2.28. The van der Waals surface area contributed by atoms with Crippen LogP contribution in [0.25, 0.3) is 10.9 Å². The lowest BCUT2D eigenvalue weighted by Crippen LogP contribution is -2.39. The summed E-state index contributed by atoms with van der Waals surface area (Å²) < 4.78 is 10.6. The van der Waals surface area contributed by atoms with Crippen molar-refractivity contribution >= 4 is 22.8 Å². The van der Waals surface area contributed by atoms with Crippen LogP contribution < -0.4 is 10.5 Å². The number of fused-ring (bicyclic) bond motifs is 1. The van der Waals surface area contributed by atoms with Crippen LogP contribution in [0.3, 0.4) is 0 Å². The zero-order valence-electron chi connectivity index (χ0n) is 17.3. The Bertz CT molecular complexity index is 1120. The number of nitrogens with one attached hydrogen (secondary N) is 1. The highest BCUT2D eigenvalue weighted by molar-refractivity contribution is 5.91. The minimum atomic E-state index is -0.216. The number of ether oxygens (including phenoxy) is 1. The number of carbonyl (C=O) groups excluding carboxylic acids is 1. The molecule has 3 aromatic rings. The molecule has 1 fully saturated rings. The standard InChI is InChI=1S/C21H25N5O4/c1-25(2)21-22-10-15-17(24-21)9-16(23-19(15)27)13-5-4-8-26(11-13)20(28)18-7-6-14(30-18)12-29-3/h6-7,9-10,13H,4-5,8,11-12H2,1-3H3,(H,23,27)/t13-/m1/s1. The van der Waals surface area contributed by atoms with E-state index < -0.39 is 0 Å². The van der Waals surface area contributed by atoms with Gasteiger partial charge in [-0.25, -0.2) is 9.97 Å². The summed E-state index contributed by atoms with van der Waals surface area (Å²) in [5, 5.41) is 0.453. The summed E-state index contributed by atoms with van der Waals surface area (Å²) in [6, 6.07) is 5.33. The number of methoxy groups -OCH3 is 1. The SMILES string of the molecule is COCc1ccc(C(=O)N2CCC[C@@H](c3cc4nc(N(C)C)ncc4c(=O)[nH]3)C2)o1. The number of piperidine rings is 1. The predicted molar refractivity (Wildman–Crippen MR) is 112 cm³/mol. The molecule has 1 amide bonds. The Hall–Kier alpha value is -3.20. The van der Waals surface area contributed by atoms with Crippen LogP contribution in [0, 0.1) is 0 Å². The van der Waals surface area contributed by atoms with Crippen LogP contribution in [0.4, 0.5) is 5.95 Å². The number of carbonyl (C=O) groups is 1. The lowest BCUT2D eigenvalue weighted by atomic mass is 9.93. The first kappa shape index (κ1) is 20.1. The Morgan fingerprint density at radius 3 is 3.00 bits per heavy atom. The molecule has 0 radical (unpaired) electrons. The number of anilines is 1. The molecule has 0 spiro atoms. The van der Waals surface area contributed by atoms with Gasteiger partial charge in [0, 0.05) is 52.1 Å². The van der Waals surface area contributed by atoms with Crippen molar-refractivity contribution in [3.63, 3.8) is 0 Å². The summed E-state index contributed by atoms with van der Waals surface area (Å²) in [6.45, 7) is 1.48. The molecule has 1 N–H and O–H groups in total. The van der Waals surface area contributed by atoms with Gasteiger partial charge in [0.25, 0.3) is 11.5 Å². The van der Waals surface area contributed by atoms with Gasteiger partial charge < -0.3 is 23.9 Å². The van der Waals surface area contributed by atoms with Crippen molar-refractivity contribution in [1.82, 2.24) is 19.9 Å². The van der Waals surface area contributed by atoms with Gasteiger partial charge in [-0.05, 0) is 31.0 Å². The van der Waals surface area contributed by atoms with Crippen LogP contribution in [-0.4, -0.2) is 60.1 Å². The lowest BCUT2D eigenvalue weighted by molar-refractivity contribution is 0.0666. The number of H-pyrrole nitrogens is 1. The minimum Gasteiger partial charge on any atom is -0.453 e. The summed E-state index contributed by atoms with van der Waals surface area (Å²) in [7, 11) is 5.29. The van der Waals surface area contributed by atoms with Gasteiger partial charge in [0.15, 0.2) is 5.76 Å². The molecule has 158 valence electrons. The second-order valence-corrected chi connectivity index (χ2v) is 7.71. The maximum Gasteiger partial charge on any atom is 0.289 e. The normalized spacial score (nSPS) is 16.8. The topological polar surface area (TPSA) is 105 Å². The third kappa shape index (κ3) is 3.93. The highest BCUT2D eigenvalue weighted by Crippen LogP contribution is 2.27. The summed E-state index contributed by atoms with van der Waals surface area (Å²) in [4.78, 5) is 40.7. The molecule has 0 bridgehead atoms. The molecule has 0 aromatic carbocycles. The maximum atomic E-state index is 12.9. The number of nitrogens with zero attached hydrogens (tertiary/aromatic N) is 4. The van der Waals surface area contributed by atoms with Crippen molar-refractivity contribution in [2.75, 3.05) is 39.2 Å². The van der Waals surface area contributed by atoms with Gasteiger partial charge in [0.2, 0.25) is 5.95 Å². The third-order valence-electron chi connectivity index (χ3n) is 5.31. The second kappa shape index (κ2) is 8.27. The maximum absolute atomic E-state index is 12.9. The summed E-state index contributed by atoms with van der Waals surface area (Å²) in [6.07, 6.45) is 3.27. The lowest BCUT2D eigenvalue weighted by Gasteiger charge is -2.32. The third-order valence-corrected chi connectivity index (χ3v) is 5.31. The van der Waals surface area contributed by atoms with E-state index in [1.165, 1.54) is 0 Å². The van der Waals surface area contributed by atoms with Gasteiger partial charge in [-0.3, -0.25) is 9.59 Å². The fourth-order valence-electron chi connectivity index (χ4n) is 3.77. The number of likely N-dealkylation sites (tertiary alicyclic amines) is 1. The summed E-state index contributed by atoms with van der Waals surface area (Å²) >= 11 is 0. The van der Waals surface area contributed by atoms with Crippen LogP contribution in [0.5, 0.6) is 0 Å². The number of aromatic amines is 1. The number of hydrogen-bond acceptors (Lipinski definition) is 7. The first-order valence-corrected chi connectivity index (χ1v) is 9.90.